The van der Waals surface area contributed by atoms with E-state index in [1.165, 1.54) is 25.0 Å². The van der Waals surface area contributed by atoms with Crippen molar-refractivity contribution >= 4 is 17.7 Å². The van der Waals surface area contributed by atoms with Crippen LogP contribution in [0.15, 0.2) is 4.99 Å². The molecule has 2 atom stereocenters. The maximum atomic E-state index is 4.32. The molecule has 0 spiro atoms. The first-order chi connectivity index (χ1) is 9.44. The molecule has 5 heteroatoms. The van der Waals surface area contributed by atoms with Crippen molar-refractivity contribution in [1.29, 1.82) is 0 Å². The third kappa shape index (κ3) is 7.39. The Morgan fingerprint density at radius 2 is 2.00 bits per heavy atom. The SMILES string of the molecule is CCSC1CCC(NC(=NC)NCCNC(C)(C)C)C1. The van der Waals surface area contributed by atoms with Gasteiger partial charge in [-0.25, -0.2) is 0 Å². The lowest BCUT2D eigenvalue weighted by molar-refractivity contribution is 0.428. The zero-order chi connectivity index (χ0) is 15.0. The van der Waals surface area contributed by atoms with Crippen molar-refractivity contribution in [3.63, 3.8) is 0 Å². The number of hydrogen-bond donors (Lipinski definition) is 3. The van der Waals surface area contributed by atoms with Crippen LogP contribution in [-0.4, -0.2) is 48.7 Å². The van der Waals surface area contributed by atoms with Gasteiger partial charge in [-0.15, -0.1) is 0 Å². The van der Waals surface area contributed by atoms with Crippen molar-refractivity contribution in [2.45, 2.75) is 63.8 Å². The molecule has 0 heterocycles. The van der Waals surface area contributed by atoms with Crippen LogP contribution in [0.1, 0.15) is 47.0 Å². The van der Waals surface area contributed by atoms with Gasteiger partial charge in [0.2, 0.25) is 0 Å². The normalized spacial score (nSPS) is 23.9. The van der Waals surface area contributed by atoms with E-state index >= 15 is 0 Å². The van der Waals surface area contributed by atoms with Crippen LogP contribution in [0.2, 0.25) is 0 Å². The van der Waals surface area contributed by atoms with E-state index in [9.17, 15) is 0 Å². The molecular weight excluding hydrogens is 268 g/mol. The van der Waals surface area contributed by atoms with Crippen molar-refractivity contribution in [2.75, 3.05) is 25.9 Å². The molecule has 0 radical (unpaired) electrons. The van der Waals surface area contributed by atoms with Gasteiger partial charge in [0.25, 0.3) is 0 Å². The minimum absolute atomic E-state index is 0.175. The molecule has 1 aliphatic rings. The standard InChI is InChI=1S/C15H32N4S/c1-6-20-13-8-7-12(11-13)19-14(16-5)17-9-10-18-15(2,3)4/h12-13,18H,6-11H2,1-5H3,(H2,16,17,19). The van der Waals surface area contributed by atoms with Crippen LogP contribution in [0, 0.1) is 0 Å². The maximum Gasteiger partial charge on any atom is 0.191 e. The number of thioether (sulfide) groups is 1. The van der Waals surface area contributed by atoms with Crippen molar-refractivity contribution in [1.82, 2.24) is 16.0 Å². The smallest absolute Gasteiger partial charge is 0.191 e. The summed E-state index contributed by atoms with van der Waals surface area (Å²) < 4.78 is 0. The molecule has 0 amide bonds. The number of rotatable bonds is 6. The Morgan fingerprint density at radius 1 is 1.25 bits per heavy atom. The summed E-state index contributed by atoms with van der Waals surface area (Å²) in [6.45, 7) is 10.6. The van der Waals surface area contributed by atoms with Crippen LogP contribution in [0.4, 0.5) is 0 Å². The van der Waals surface area contributed by atoms with Crippen LogP contribution in [-0.2, 0) is 0 Å². The third-order valence-corrected chi connectivity index (χ3v) is 4.66. The summed E-state index contributed by atoms with van der Waals surface area (Å²) in [4.78, 5) is 4.32. The van der Waals surface area contributed by atoms with Gasteiger partial charge in [0.15, 0.2) is 5.96 Å². The molecule has 4 nitrogen and oxygen atoms in total. The molecule has 20 heavy (non-hydrogen) atoms. The van der Waals surface area contributed by atoms with E-state index in [1.54, 1.807) is 0 Å². The van der Waals surface area contributed by atoms with Crippen LogP contribution in [0.25, 0.3) is 0 Å². The molecule has 1 aliphatic carbocycles. The van der Waals surface area contributed by atoms with Crippen molar-refractivity contribution in [3.05, 3.63) is 0 Å². The lowest BCUT2D eigenvalue weighted by Gasteiger charge is -2.22. The number of aliphatic imine (C=N–C) groups is 1. The zero-order valence-electron chi connectivity index (χ0n) is 13.8. The topological polar surface area (TPSA) is 48.5 Å². The number of guanidine groups is 1. The molecule has 1 rings (SSSR count). The Labute approximate surface area is 129 Å². The Kier molecular flexibility index (Phi) is 7.74. The molecular formula is C15H32N4S. The Hall–Kier alpha value is -0.420. The summed E-state index contributed by atoms with van der Waals surface area (Å²) in [7, 11) is 1.85. The van der Waals surface area contributed by atoms with E-state index in [0.29, 0.717) is 6.04 Å². The Morgan fingerprint density at radius 3 is 2.60 bits per heavy atom. The first-order valence-electron chi connectivity index (χ1n) is 7.78. The fourth-order valence-corrected chi connectivity index (χ4v) is 3.61. The van der Waals surface area contributed by atoms with Gasteiger partial charge in [0.1, 0.15) is 0 Å². The van der Waals surface area contributed by atoms with E-state index in [0.717, 1.165) is 24.3 Å². The molecule has 0 bridgehead atoms. The van der Waals surface area contributed by atoms with Gasteiger partial charge in [0, 0.05) is 37.0 Å². The minimum Gasteiger partial charge on any atom is -0.355 e. The van der Waals surface area contributed by atoms with Gasteiger partial charge in [-0.05, 0) is 45.8 Å². The van der Waals surface area contributed by atoms with Crippen molar-refractivity contribution in [2.24, 2.45) is 4.99 Å². The fraction of sp³-hybridized carbons (Fsp3) is 0.933. The van der Waals surface area contributed by atoms with E-state index in [-0.39, 0.29) is 5.54 Å². The largest absolute Gasteiger partial charge is 0.355 e. The molecule has 118 valence electrons. The molecule has 1 fully saturated rings. The first-order valence-corrected chi connectivity index (χ1v) is 8.83. The lowest BCUT2D eigenvalue weighted by atomic mass is 10.1. The second-order valence-electron chi connectivity index (χ2n) is 6.41. The highest BCUT2D eigenvalue weighted by molar-refractivity contribution is 7.99. The monoisotopic (exact) mass is 300 g/mol. The maximum absolute atomic E-state index is 4.32. The van der Waals surface area contributed by atoms with Crippen LogP contribution in [0.5, 0.6) is 0 Å². The molecule has 3 N–H and O–H groups in total. The number of nitrogens with zero attached hydrogens (tertiary/aromatic N) is 1. The number of hydrogen-bond acceptors (Lipinski definition) is 3. The van der Waals surface area contributed by atoms with Crippen molar-refractivity contribution in [3.8, 4) is 0 Å². The summed E-state index contributed by atoms with van der Waals surface area (Å²) in [6, 6.07) is 0.584. The fourth-order valence-electron chi connectivity index (χ4n) is 2.46. The van der Waals surface area contributed by atoms with Crippen molar-refractivity contribution < 1.29 is 0 Å². The highest BCUT2D eigenvalue weighted by Crippen LogP contribution is 2.29. The number of nitrogens with one attached hydrogen (secondary N) is 3. The first kappa shape index (κ1) is 17.6. The van der Waals surface area contributed by atoms with E-state index in [1.807, 2.05) is 7.05 Å². The molecule has 1 saturated carbocycles. The molecule has 0 aromatic heterocycles. The Bertz CT molecular complexity index is 299. The van der Waals surface area contributed by atoms with Gasteiger partial charge < -0.3 is 16.0 Å². The van der Waals surface area contributed by atoms with E-state index in [2.05, 4.69) is 60.4 Å². The molecule has 0 aromatic rings. The van der Waals surface area contributed by atoms with Gasteiger partial charge in [0.05, 0.1) is 0 Å². The Balaban J connectivity index is 2.20. The summed E-state index contributed by atoms with van der Waals surface area (Å²) in [5.41, 5.74) is 0.175. The molecule has 0 saturated heterocycles. The summed E-state index contributed by atoms with van der Waals surface area (Å²) in [6.07, 6.45) is 3.86. The summed E-state index contributed by atoms with van der Waals surface area (Å²) in [5, 5.41) is 11.2. The average Bonchev–Trinajstić information content (AvgIpc) is 2.80. The predicted octanol–water partition coefficient (Wildman–Crippen LogP) is 2.21. The van der Waals surface area contributed by atoms with Crippen LogP contribution in [0.3, 0.4) is 0 Å². The van der Waals surface area contributed by atoms with Gasteiger partial charge in [-0.3, -0.25) is 4.99 Å². The third-order valence-electron chi connectivity index (χ3n) is 3.42. The van der Waals surface area contributed by atoms with Crippen LogP contribution >= 0.6 is 11.8 Å². The minimum atomic E-state index is 0.175. The van der Waals surface area contributed by atoms with Crippen LogP contribution < -0.4 is 16.0 Å². The second-order valence-corrected chi connectivity index (χ2v) is 7.98. The highest BCUT2D eigenvalue weighted by Gasteiger charge is 2.24. The quantitative estimate of drug-likeness (QED) is 0.400. The summed E-state index contributed by atoms with van der Waals surface area (Å²) in [5.74, 6) is 2.16. The van der Waals surface area contributed by atoms with E-state index < -0.39 is 0 Å². The summed E-state index contributed by atoms with van der Waals surface area (Å²) >= 11 is 2.09. The lowest BCUT2D eigenvalue weighted by Crippen LogP contribution is -2.46. The van der Waals surface area contributed by atoms with Gasteiger partial charge in [-0.2, -0.15) is 11.8 Å². The highest BCUT2D eigenvalue weighted by atomic mass is 32.2. The zero-order valence-corrected chi connectivity index (χ0v) is 14.6. The predicted molar refractivity (Wildman–Crippen MR) is 91.8 cm³/mol. The molecule has 2 unspecified atom stereocenters. The van der Waals surface area contributed by atoms with Gasteiger partial charge in [-0.1, -0.05) is 6.92 Å². The second kappa shape index (κ2) is 8.78. The van der Waals surface area contributed by atoms with Gasteiger partial charge >= 0.3 is 0 Å². The average molecular weight is 301 g/mol. The molecule has 0 aromatic carbocycles. The van der Waals surface area contributed by atoms with E-state index in [4.69, 9.17) is 0 Å². The molecule has 0 aliphatic heterocycles.